The van der Waals surface area contributed by atoms with Gasteiger partial charge < -0.3 is 19.2 Å². The fourth-order valence-corrected chi connectivity index (χ4v) is 3.70. The number of oxazole rings is 1. The van der Waals surface area contributed by atoms with Gasteiger partial charge in [0.25, 0.3) is 5.91 Å². The van der Waals surface area contributed by atoms with Crippen LogP contribution in [0.15, 0.2) is 10.7 Å². The van der Waals surface area contributed by atoms with Crippen LogP contribution in [0.3, 0.4) is 0 Å². The molecule has 0 bridgehead atoms. The minimum absolute atomic E-state index is 0.0351. The Bertz CT molecular complexity index is 624. The van der Waals surface area contributed by atoms with E-state index in [1.54, 1.807) is 4.90 Å². The number of ether oxygens (including phenoxy) is 1. The Morgan fingerprint density at radius 1 is 1.30 bits per heavy atom. The maximum atomic E-state index is 12.8. The summed E-state index contributed by atoms with van der Waals surface area (Å²) in [5.74, 6) is -0.563. The van der Waals surface area contributed by atoms with Gasteiger partial charge in [-0.15, -0.1) is 0 Å². The number of piperidine rings is 1. The Morgan fingerprint density at radius 3 is 2.87 bits per heavy atom. The van der Waals surface area contributed by atoms with Gasteiger partial charge in [0.2, 0.25) is 0 Å². The molecule has 3 atom stereocenters. The quantitative estimate of drug-likeness (QED) is 0.907. The topological polar surface area (TPSA) is 92.9 Å². The Hall–Kier alpha value is -1.89. The molecule has 3 aliphatic rings. The third-order valence-corrected chi connectivity index (χ3v) is 5.12. The summed E-state index contributed by atoms with van der Waals surface area (Å²) in [6.45, 7) is 1.36. The molecule has 4 rings (SSSR count). The summed E-state index contributed by atoms with van der Waals surface area (Å²) in [4.78, 5) is 30.3. The number of carbonyl (C=O) groups is 2. The highest BCUT2D eigenvalue weighted by atomic mass is 16.5. The lowest BCUT2D eigenvalue weighted by atomic mass is 9.81. The molecule has 3 fully saturated rings. The second kappa shape index (κ2) is 5.63. The van der Waals surface area contributed by atoms with Crippen LogP contribution in [0.1, 0.15) is 48.0 Å². The summed E-state index contributed by atoms with van der Waals surface area (Å²) in [7, 11) is 0. The SMILES string of the molecule is O=C(O)[C@@H]1C[C@@H]2COCC[C@H]2N(C(=O)c2coc(C3CC3)n2)C1. The molecule has 1 aromatic rings. The molecule has 3 heterocycles. The van der Waals surface area contributed by atoms with Gasteiger partial charge in [0, 0.05) is 31.0 Å². The van der Waals surface area contributed by atoms with Crippen molar-refractivity contribution in [1.82, 2.24) is 9.88 Å². The van der Waals surface area contributed by atoms with Crippen LogP contribution in [0.4, 0.5) is 0 Å². The molecule has 0 spiro atoms. The molecule has 2 saturated heterocycles. The monoisotopic (exact) mass is 320 g/mol. The second-order valence-electron chi connectivity index (χ2n) is 6.76. The molecule has 2 aliphatic heterocycles. The average molecular weight is 320 g/mol. The Balaban J connectivity index is 1.57. The number of carboxylic acids is 1. The maximum absolute atomic E-state index is 12.8. The van der Waals surface area contributed by atoms with Gasteiger partial charge in [0.1, 0.15) is 6.26 Å². The smallest absolute Gasteiger partial charge is 0.308 e. The van der Waals surface area contributed by atoms with Crippen molar-refractivity contribution in [2.45, 2.75) is 37.6 Å². The number of carboxylic acid groups (broad SMARTS) is 1. The zero-order chi connectivity index (χ0) is 16.0. The molecular formula is C16H20N2O5. The fourth-order valence-electron chi connectivity index (χ4n) is 3.70. The molecule has 23 heavy (non-hydrogen) atoms. The van der Waals surface area contributed by atoms with E-state index in [1.807, 2.05) is 0 Å². The van der Waals surface area contributed by atoms with Gasteiger partial charge in [-0.05, 0) is 25.7 Å². The second-order valence-corrected chi connectivity index (χ2v) is 6.76. The molecule has 0 unspecified atom stereocenters. The van der Waals surface area contributed by atoms with Crippen molar-refractivity contribution < 1.29 is 23.8 Å². The molecule has 124 valence electrons. The first-order chi connectivity index (χ1) is 11.1. The normalized spacial score (nSPS) is 30.8. The van der Waals surface area contributed by atoms with Crippen LogP contribution in [-0.4, -0.2) is 52.7 Å². The molecule has 7 heteroatoms. The van der Waals surface area contributed by atoms with E-state index < -0.39 is 11.9 Å². The van der Waals surface area contributed by atoms with Crippen LogP contribution < -0.4 is 0 Å². The number of amides is 1. The number of rotatable bonds is 3. The standard InChI is InChI=1S/C16H20N2O5/c19-15(12-8-23-14(17-12)9-1-2-9)18-6-10(16(20)21)5-11-7-22-4-3-13(11)18/h8-11,13H,1-7H2,(H,20,21)/t10-,11-,13-/m1/s1. The zero-order valence-electron chi connectivity index (χ0n) is 12.8. The molecule has 0 aromatic carbocycles. The van der Waals surface area contributed by atoms with E-state index in [0.29, 0.717) is 37.1 Å². The highest BCUT2D eigenvalue weighted by Crippen LogP contribution is 2.39. The van der Waals surface area contributed by atoms with Gasteiger partial charge in [-0.2, -0.15) is 0 Å². The number of hydrogen-bond acceptors (Lipinski definition) is 5. The molecule has 1 N–H and O–H groups in total. The minimum Gasteiger partial charge on any atom is -0.481 e. The number of nitrogens with zero attached hydrogens (tertiary/aromatic N) is 2. The van der Waals surface area contributed by atoms with Crippen LogP contribution >= 0.6 is 0 Å². The van der Waals surface area contributed by atoms with Crippen molar-refractivity contribution in [3.63, 3.8) is 0 Å². The van der Waals surface area contributed by atoms with E-state index in [2.05, 4.69) is 4.98 Å². The summed E-state index contributed by atoms with van der Waals surface area (Å²) in [5, 5.41) is 9.37. The predicted molar refractivity (Wildman–Crippen MR) is 78.0 cm³/mol. The van der Waals surface area contributed by atoms with E-state index in [4.69, 9.17) is 9.15 Å². The molecule has 1 aromatic heterocycles. The van der Waals surface area contributed by atoms with Crippen molar-refractivity contribution in [3.05, 3.63) is 17.8 Å². The summed E-state index contributed by atoms with van der Waals surface area (Å²) in [5.41, 5.74) is 0.295. The number of fused-ring (bicyclic) bond motifs is 1. The Morgan fingerprint density at radius 2 is 2.13 bits per heavy atom. The lowest BCUT2D eigenvalue weighted by Crippen LogP contribution is -2.56. The van der Waals surface area contributed by atoms with Crippen molar-refractivity contribution in [3.8, 4) is 0 Å². The highest BCUT2D eigenvalue weighted by molar-refractivity contribution is 5.92. The molecule has 0 radical (unpaired) electrons. The van der Waals surface area contributed by atoms with Gasteiger partial charge >= 0.3 is 5.97 Å². The van der Waals surface area contributed by atoms with Gasteiger partial charge in [-0.25, -0.2) is 4.98 Å². The summed E-state index contributed by atoms with van der Waals surface area (Å²) >= 11 is 0. The summed E-state index contributed by atoms with van der Waals surface area (Å²) < 4.78 is 10.9. The van der Waals surface area contributed by atoms with Crippen molar-refractivity contribution in [1.29, 1.82) is 0 Å². The summed E-state index contributed by atoms with van der Waals surface area (Å²) in [6, 6.07) is 0.0351. The zero-order valence-corrected chi connectivity index (χ0v) is 12.8. The van der Waals surface area contributed by atoms with Crippen molar-refractivity contribution in [2.75, 3.05) is 19.8 Å². The van der Waals surface area contributed by atoms with E-state index in [1.165, 1.54) is 6.26 Å². The van der Waals surface area contributed by atoms with Crippen LogP contribution in [0.25, 0.3) is 0 Å². The minimum atomic E-state index is -0.856. The number of aromatic nitrogens is 1. The molecule has 1 saturated carbocycles. The van der Waals surface area contributed by atoms with Crippen LogP contribution in [0.2, 0.25) is 0 Å². The third kappa shape index (κ3) is 2.73. The van der Waals surface area contributed by atoms with Gasteiger partial charge in [0.05, 0.1) is 12.5 Å². The maximum Gasteiger partial charge on any atom is 0.308 e. The molecule has 1 aliphatic carbocycles. The first-order valence-electron chi connectivity index (χ1n) is 8.20. The average Bonchev–Trinajstić information content (AvgIpc) is 3.30. The number of likely N-dealkylation sites (tertiary alicyclic amines) is 1. The van der Waals surface area contributed by atoms with Crippen LogP contribution in [-0.2, 0) is 9.53 Å². The molecular weight excluding hydrogens is 300 g/mol. The first kappa shape index (κ1) is 14.7. The van der Waals surface area contributed by atoms with Crippen molar-refractivity contribution >= 4 is 11.9 Å². The molecule has 7 nitrogen and oxygen atoms in total. The van der Waals surface area contributed by atoms with Gasteiger partial charge in [-0.1, -0.05) is 0 Å². The lowest BCUT2D eigenvalue weighted by Gasteiger charge is -2.45. The lowest BCUT2D eigenvalue weighted by molar-refractivity contribution is -0.146. The van der Waals surface area contributed by atoms with Crippen molar-refractivity contribution in [2.24, 2.45) is 11.8 Å². The predicted octanol–water partition coefficient (Wildman–Crippen LogP) is 1.50. The van der Waals surface area contributed by atoms with E-state index in [-0.39, 0.29) is 24.4 Å². The Labute approximate surface area is 133 Å². The van der Waals surface area contributed by atoms with E-state index in [9.17, 15) is 14.7 Å². The number of carbonyl (C=O) groups excluding carboxylic acids is 1. The number of aliphatic carboxylic acids is 1. The Kier molecular flexibility index (Phi) is 3.60. The highest BCUT2D eigenvalue weighted by Gasteiger charge is 2.43. The third-order valence-electron chi connectivity index (χ3n) is 5.12. The first-order valence-corrected chi connectivity index (χ1v) is 8.20. The van der Waals surface area contributed by atoms with Gasteiger partial charge in [-0.3, -0.25) is 9.59 Å². The largest absolute Gasteiger partial charge is 0.481 e. The van der Waals surface area contributed by atoms with Gasteiger partial charge in [0.15, 0.2) is 11.6 Å². The van der Waals surface area contributed by atoms with Crippen LogP contribution in [0.5, 0.6) is 0 Å². The fraction of sp³-hybridized carbons (Fsp3) is 0.688. The summed E-state index contributed by atoms with van der Waals surface area (Å²) in [6.07, 6.45) is 4.84. The van der Waals surface area contributed by atoms with E-state index in [0.717, 1.165) is 19.3 Å². The van der Waals surface area contributed by atoms with Crippen LogP contribution in [0, 0.1) is 11.8 Å². The number of hydrogen-bond donors (Lipinski definition) is 1. The molecule has 1 amide bonds. The van der Waals surface area contributed by atoms with E-state index >= 15 is 0 Å².